The Balaban J connectivity index is 1.44. The van der Waals surface area contributed by atoms with Crippen molar-refractivity contribution in [3.8, 4) is 0 Å². The van der Waals surface area contributed by atoms with E-state index in [4.69, 9.17) is 0 Å². The number of rotatable bonds is 7. The first kappa shape index (κ1) is 22.1. The van der Waals surface area contributed by atoms with Crippen LogP contribution in [0, 0.1) is 6.92 Å². The van der Waals surface area contributed by atoms with Gasteiger partial charge in [0.15, 0.2) is 0 Å². The maximum absolute atomic E-state index is 4.69. The van der Waals surface area contributed by atoms with Crippen LogP contribution in [0.5, 0.6) is 0 Å². The summed E-state index contributed by atoms with van der Waals surface area (Å²) in [6.07, 6.45) is 5.93. The van der Waals surface area contributed by atoms with Crippen LogP contribution in [0.1, 0.15) is 26.3 Å². The summed E-state index contributed by atoms with van der Waals surface area (Å²) in [6.45, 7) is 9.29. The van der Waals surface area contributed by atoms with Gasteiger partial charge in [0.25, 0.3) is 0 Å². The molecule has 0 atom stereocenters. The van der Waals surface area contributed by atoms with Crippen molar-refractivity contribution in [1.29, 1.82) is 0 Å². The highest BCUT2D eigenvalue weighted by molar-refractivity contribution is 7.97. The third kappa shape index (κ3) is 6.00. The Morgan fingerprint density at radius 2 is 1.84 bits per heavy atom. The third-order valence-electron chi connectivity index (χ3n) is 4.58. The number of hydrazine groups is 1. The lowest BCUT2D eigenvalue weighted by Crippen LogP contribution is -2.29. The van der Waals surface area contributed by atoms with Crippen molar-refractivity contribution < 1.29 is 0 Å². The second kappa shape index (κ2) is 9.60. The largest absolute Gasteiger partial charge is 0.340 e. The molecule has 1 aromatic heterocycles. The Bertz CT molecular complexity index is 1090. The molecule has 0 unspecified atom stereocenters. The van der Waals surface area contributed by atoms with E-state index in [-0.39, 0.29) is 5.54 Å². The van der Waals surface area contributed by atoms with Crippen molar-refractivity contribution in [2.24, 2.45) is 0 Å². The van der Waals surface area contributed by atoms with Gasteiger partial charge >= 0.3 is 0 Å². The quantitative estimate of drug-likeness (QED) is 0.354. The van der Waals surface area contributed by atoms with Crippen molar-refractivity contribution in [1.82, 2.24) is 20.1 Å². The number of hydrogen-bond donors (Lipinski definition) is 4. The fourth-order valence-corrected chi connectivity index (χ4v) is 3.75. The van der Waals surface area contributed by atoms with Crippen LogP contribution >= 0.6 is 11.9 Å². The number of benzene rings is 2. The minimum atomic E-state index is 0.0395. The minimum absolute atomic E-state index is 0.0395. The number of aromatic nitrogens is 2. The molecule has 1 aliphatic heterocycles. The lowest BCUT2D eigenvalue weighted by atomic mass is 10.1. The summed E-state index contributed by atoms with van der Waals surface area (Å²) in [4.78, 5) is 10.3. The van der Waals surface area contributed by atoms with Crippen LogP contribution in [0.2, 0.25) is 0 Å². The van der Waals surface area contributed by atoms with E-state index >= 15 is 0 Å². The van der Waals surface area contributed by atoms with Gasteiger partial charge in [-0.25, -0.2) is 10.4 Å². The molecule has 7 nitrogen and oxygen atoms in total. The van der Waals surface area contributed by atoms with Crippen molar-refractivity contribution in [3.05, 3.63) is 72.6 Å². The van der Waals surface area contributed by atoms with Gasteiger partial charge in [-0.15, -0.1) is 0 Å². The summed E-state index contributed by atoms with van der Waals surface area (Å²) >= 11 is 1.62. The molecule has 4 rings (SSSR count). The first-order chi connectivity index (χ1) is 15.4. The molecule has 0 amide bonds. The van der Waals surface area contributed by atoms with E-state index in [2.05, 4.69) is 69.7 Å². The van der Waals surface area contributed by atoms with Gasteiger partial charge in [-0.3, -0.25) is 9.73 Å². The summed E-state index contributed by atoms with van der Waals surface area (Å²) in [5, 5.41) is 8.72. The lowest BCUT2D eigenvalue weighted by molar-refractivity contribution is 0.535. The van der Waals surface area contributed by atoms with Gasteiger partial charge in [-0.1, -0.05) is 12.1 Å². The summed E-state index contributed by atoms with van der Waals surface area (Å²) in [5.41, 5.74) is 7.26. The van der Waals surface area contributed by atoms with E-state index in [9.17, 15) is 0 Å². The monoisotopic (exact) mass is 447 g/mol. The predicted molar refractivity (Wildman–Crippen MR) is 135 cm³/mol. The number of aryl methyl sites for hydroxylation is 1. The van der Waals surface area contributed by atoms with Crippen LogP contribution < -0.4 is 25.8 Å². The van der Waals surface area contributed by atoms with Crippen LogP contribution in [-0.2, 0) is 0 Å². The first-order valence-corrected chi connectivity index (χ1v) is 11.4. The van der Waals surface area contributed by atoms with Crippen LogP contribution in [0.15, 0.2) is 71.9 Å². The fraction of sp³-hybridized carbons (Fsp3) is 0.250. The Labute approximate surface area is 193 Å². The average molecular weight is 448 g/mol. The zero-order chi connectivity index (χ0) is 22.6. The second-order valence-electron chi connectivity index (χ2n) is 8.62. The van der Waals surface area contributed by atoms with E-state index in [1.807, 2.05) is 60.7 Å². The van der Waals surface area contributed by atoms with Crippen molar-refractivity contribution in [3.63, 3.8) is 0 Å². The van der Waals surface area contributed by atoms with Gasteiger partial charge < -0.3 is 10.6 Å². The molecule has 0 spiro atoms. The normalized spacial score (nSPS) is 13.4. The molecule has 2 aromatic carbocycles. The van der Waals surface area contributed by atoms with Gasteiger partial charge in [0.2, 0.25) is 5.95 Å². The standard InChI is InChI=1S/C24H29N7S/c1-17-16-25-23(28-18-9-11-20(12-10-18)31-14-6-13-26-31)29-22(17)27-19-7-5-8-21(15-19)32-30-24(2,3)4/h5-12,14-16,26,30H,13H2,1-4H3,(H2,25,27,28,29). The summed E-state index contributed by atoms with van der Waals surface area (Å²) in [7, 11) is 0. The van der Waals surface area contributed by atoms with Crippen molar-refractivity contribution >= 4 is 40.8 Å². The number of nitrogens with one attached hydrogen (secondary N) is 4. The van der Waals surface area contributed by atoms with Gasteiger partial charge in [0.05, 0.1) is 5.69 Å². The molecule has 1 aliphatic rings. The van der Waals surface area contributed by atoms with Crippen molar-refractivity contribution in [2.45, 2.75) is 38.1 Å². The number of anilines is 5. The Hall–Kier alpha value is -3.07. The van der Waals surface area contributed by atoms with Crippen molar-refractivity contribution in [2.75, 3.05) is 22.2 Å². The molecule has 32 heavy (non-hydrogen) atoms. The van der Waals surface area contributed by atoms with Gasteiger partial charge in [-0.05, 0) is 82.1 Å². The molecular formula is C24H29N7S. The third-order valence-corrected chi connectivity index (χ3v) is 5.78. The zero-order valence-corrected chi connectivity index (χ0v) is 19.6. The lowest BCUT2D eigenvalue weighted by Gasteiger charge is -2.19. The fourth-order valence-electron chi connectivity index (χ4n) is 2.99. The second-order valence-corrected chi connectivity index (χ2v) is 9.50. The Morgan fingerprint density at radius 1 is 1.03 bits per heavy atom. The van der Waals surface area contributed by atoms with Crippen LogP contribution in [0.3, 0.4) is 0 Å². The van der Waals surface area contributed by atoms with Crippen LogP contribution in [0.25, 0.3) is 0 Å². The van der Waals surface area contributed by atoms with E-state index in [1.54, 1.807) is 11.9 Å². The van der Waals surface area contributed by atoms with E-state index < -0.39 is 0 Å². The Morgan fingerprint density at radius 3 is 2.56 bits per heavy atom. The van der Waals surface area contributed by atoms with E-state index in [1.165, 1.54) is 0 Å². The first-order valence-electron chi connectivity index (χ1n) is 10.6. The van der Waals surface area contributed by atoms with E-state index in [0.29, 0.717) is 5.95 Å². The Kier molecular flexibility index (Phi) is 6.64. The molecule has 2 heterocycles. The number of hydrogen-bond acceptors (Lipinski definition) is 8. The van der Waals surface area contributed by atoms with Gasteiger partial charge in [0.1, 0.15) is 5.82 Å². The molecule has 0 radical (unpaired) electrons. The molecule has 0 bridgehead atoms. The number of nitrogens with zero attached hydrogens (tertiary/aromatic N) is 3. The molecule has 0 aliphatic carbocycles. The van der Waals surface area contributed by atoms with E-state index in [0.717, 1.165) is 39.9 Å². The molecule has 3 aromatic rings. The molecule has 4 N–H and O–H groups in total. The zero-order valence-electron chi connectivity index (χ0n) is 18.8. The SMILES string of the molecule is Cc1cnc(Nc2ccc(N3C=CCN3)cc2)nc1Nc1cccc(SNC(C)(C)C)c1. The highest BCUT2D eigenvalue weighted by atomic mass is 32.2. The van der Waals surface area contributed by atoms with Crippen LogP contribution in [0.4, 0.5) is 28.8 Å². The maximum atomic E-state index is 4.69. The molecule has 8 heteroatoms. The molecule has 166 valence electrons. The smallest absolute Gasteiger partial charge is 0.229 e. The summed E-state index contributed by atoms with van der Waals surface area (Å²) < 4.78 is 3.44. The molecular weight excluding hydrogens is 418 g/mol. The highest BCUT2D eigenvalue weighted by Crippen LogP contribution is 2.26. The average Bonchev–Trinajstić information content (AvgIpc) is 3.30. The highest BCUT2D eigenvalue weighted by Gasteiger charge is 2.11. The topological polar surface area (TPSA) is 77.1 Å². The minimum Gasteiger partial charge on any atom is -0.340 e. The maximum Gasteiger partial charge on any atom is 0.229 e. The summed E-state index contributed by atoms with van der Waals surface area (Å²) in [6, 6.07) is 16.4. The van der Waals surface area contributed by atoms with Gasteiger partial charge in [-0.2, -0.15) is 4.98 Å². The predicted octanol–water partition coefficient (Wildman–Crippen LogP) is 5.51. The summed E-state index contributed by atoms with van der Waals surface area (Å²) in [5.74, 6) is 1.32. The van der Waals surface area contributed by atoms with Crippen LogP contribution in [-0.4, -0.2) is 22.1 Å². The molecule has 0 saturated carbocycles. The van der Waals surface area contributed by atoms with Gasteiger partial charge in [0, 0.05) is 46.3 Å². The molecule has 0 saturated heterocycles. The molecule has 0 fully saturated rings.